The second-order valence-electron chi connectivity index (χ2n) is 8.63. The van der Waals surface area contributed by atoms with Crippen molar-refractivity contribution >= 4 is 23.5 Å². The van der Waals surface area contributed by atoms with Gasteiger partial charge in [0.05, 0.1) is 5.02 Å². The predicted octanol–water partition coefficient (Wildman–Crippen LogP) is 3.66. The van der Waals surface area contributed by atoms with E-state index >= 15 is 0 Å². The van der Waals surface area contributed by atoms with E-state index in [-0.39, 0.29) is 24.7 Å². The van der Waals surface area contributed by atoms with Gasteiger partial charge in [-0.1, -0.05) is 17.7 Å². The van der Waals surface area contributed by atoms with Crippen LogP contribution in [0.5, 0.6) is 5.75 Å². The molecule has 5 nitrogen and oxygen atoms in total. The molecule has 5 rings (SSSR count). The summed E-state index contributed by atoms with van der Waals surface area (Å²) >= 11 is 6.04. The van der Waals surface area contributed by atoms with E-state index in [0.29, 0.717) is 10.8 Å². The van der Waals surface area contributed by atoms with E-state index in [1.807, 2.05) is 13.0 Å². The number of rotatable bonds is 6. The molecule has 6 heteroatoms. The second kappa shape index (κ2) is 7.34. The first-order chi connectivity index (χ1) is 12.9. The number of hydrogen-bond acceptors (Lipinski definition) is 4. The van der Waals surface area contributed by atoms with Gasteiger partial charge in [0.1, 0.15) is 5.75 Å². The Labute approximate surface area is 164 Å². The smallest absolute Gasteiger partial charge is 0.344 e. The SMILES string of the molecule is Cc1ccc(Cl)c(OCC(=O)OCC(=O)NC23CC4CC(CC(C4)C2)C3)c1. The standard InChI is InChI=1S/C21H26ClNO4/c1-13-2-3-17(22)18(4-13)26-12-20(25)27-11-19(24)23-21-8-14-5-15(9-21)7-16(6-14)10-21/h2-4,14-16H,5-12H2,1H3,(H,23,24). The number of nitrogens with one attached hydrogen (secondary N) is 1. The van der Waals surface area contributed by atoms with Gasteiger partial charge in [-0.2, -0.15) is 0 Å². The van der Waals surface area contributed by atoms with Crippen molar-refractivity contribution in [3.05, 3.63) is 28.8 Å². The zero-order valence-corrected chi connectivity index (χ0v) is 16.4. The van der Waals surface area contributed by atoms with Crippen molar-refractivity contribution in [1.82, 2.24) is 5.32 Å². The van der Waals surface area contributed by atoms with Gasteiger partial charge in [0.25, 0.3) is 5.91 Å². The monoisotopic (exact) mass is 391 g/mol. The highest BCUT2D eigenvalue weighted by Gasteiger charge is 2.51. The van der Waals surface area contributed by atoms with Crippen molar-refractivity contribution < 1.29 is 19.1 Å². The topological polar surface area (TPSA) is 64.6 Å². The number of hydrogen-bond donors (Lipinski definition) is 1. The van der Waals surface area contributed by atoms with Crippen molar-refractivity contribution in [2.45, 2.75) is 51.0 Å². The van der Waals surface area contributed by atoms with E-state index in [0.717, 1.165) is 42.6 Å². The molecule has 4 saturated carbocycles. The Balaban J connectivity index is 1.23. The van der Waals surface area contributed by atoms with Gasteiger partial charge in [-0.05, 0) is 80.9 Å². The summed E-state index contributed by atoms with van der Waals surface area (Å²) in [6.45, 7) is 1.38. The predicted molar refractivity (Wildman–Crippen MR) is 102 cm³/mol. The third kappa shape index (κ3) is 4.23. The van der Waals surface area contributed by atoms with Crippen LogP contribution in [-0.2, 0) is 14.3 Å². The minimum atomic E-state index is -0.576. The van der Waals surface area contributed by atoms with Gasteiger partial charge in [-0.3, -0.25) is 4.79 Å². The molecule has 0 unspecified atom stereocenters. The summed E-state index contributed by atoms with van der Waals surface area (Å²) in [4.78, 5) is 24.3. The van der Waals surface area contributed by atoms with Crippen LogP contribution < -0.4 is 10.1 Å². The maximum absolute atomic E-state index is 12.4. The maximum Gasteiger partial charge on any atom is 0.344 e. The van der Waals surface area contributed by atoms with E-state index in [2.05, 4.69) is 5.32 Å². The highest BCUT2D eigenvalue weighted by molar-refractivity contribution is 6.32. The van der Waals surface area contributed by atoms with Crippen LogP contribution in [0.4, 0.5) is 0 Å². The van der Waals surface area contributed by atoms with E-state index in [9.17, 15) is 9.59 Å². The van der Waals surface area contributed by atoms with E-state index in [1.54, 1.807) is 12.1 Å². The summed E-state index contributed by atoms with van der Waals surface area (Å²) in [6.07, 6.45) is 7.20. The quantitative estimate of drug-likeness (QED) is 0.751. The molecule has 146 valence electrons. The molecular weight excluding hydrogens is 366 g/mol. The van der Waals surface area contributed by atoms with Crippen LogP contribution in [-0.4, -0.2) is 30.6 Å². The van der Waals surface area contributed by atoms with Gasteiger partial charge >= 0.3 is 5.97 Å². The summed E-state index contributed by atoms with van der Waals surface area (Å²) in [5.41, 5.74) is 0.918. The Kier molecular flexibility index (Phi) is 5.06. The molecule has 0 heterocycles. The molecule has 4 aliphatic carbocycles. The largest absolute Gasteiger partial charge is 0.480 e. The lowest BCUT2D eigenvalue weighted by atomic mass is 9.53. The minimum absolute atomic E-state index is 0.0656. The number of esters is 1. The highest BCUT2D eigenvalue weighted by Crippen LogP contribution is 2.55. The fourth-order valence-electron chi connectivity index (χ4n) is 5.64. The average molecular weight is 392 g/mol. The van der Waals surface area contributed by atoms with Crippen LogP contribution in [0, 0.1) is 24.7 Å². The molecule has 0 aromatic heterocycles. The number of aryl methyl sites for hydroxylation is 1. The summed E-state index contributed by atoms with van der Waals surface area (Å²) in [5, 5.41) is 3.63. The van der Waals surface area contributed by atoms with Crippen LogP contribution >= 0.6 is 11.6 Å². The normalized spacial score (nSPS) is 30.8. The third-order valence-corrected chi connectivity index (χ3v) is 6.55. The lowest BCUT2D eigenvalue weighted by Gasteiger charge is -2.56. The molecule has 0 radical (unpaired) electrons. The molecule has 1 N–H and O–H groups in total. The average Bonchev–Trinajstić information content (AvgIpc) is 2.59. The summed E-state index contributed by atoms with van der Waals surface area (Å²) in [5.74, 6) is 1.92. The fraction of sp³-hybridized carbons (Fsp3) is 0.619. The number of amides is 1. The number of ether oxygens (including phenoxy) is 2. The molecule has 1 amide bonds. The zero-order valence-electron chi connectivity index (χ0n) is 15.6. The van der Waals surface area contributed by atoms with Crippen LogP contribution in [0.15, 0.2) is 18.2 Å². The van der Waals surface area contributed by atoms with Gasteiger partial charge < -0.3 is 14.8 Å². The van der Waals surface area contributed by atoms with Gasteiger partial charge in [0.2, 0.25) is 0 Å². The highest BCUT2D eigenvalue weighted by atomic mass is 35.5. The maximum atomic E-state index is 12.4. The number of carbonyl (C=O) groups is 2. The molecule has 27 heavy (non-hydrogen) atoms. The lowest BCUT2D eigenvalue weighted by molar-refractivity contribution is -0.151. The third-order valence-electron chi connectivity index (χ3n) is 6.24. The molecule has 1 aromatic rings. The first-order valence-electron chi connectivity index (χ1n) is 9.76. The molecule has 4 aliphatic rings. The number of halogens is 1. The Bertz CT molecular complexity index is 712. The molecule has 0 aliphatic heterocycles. The first kappa shape index (κ1) is 18.6. The van der Waals surface area contributed by atoms with Crippen molar-refractivity contribution in [1.29, 1.82) is 0 Å². The van der Waals surface area contributed by atoms with Crippen LogP contribution in [0.25, 0.3) is 0 Å². The molecule has 1 aromatic carbocycles. The van der Waals surface area contributed by atoms with E-state index < -0.39 is 5.97 Å². The summed E-state index contributed by atoms with van der Waals surface area (Å²) in [7, 11) is 0. The van der Waals surface area contributed by atoms with Crippen molar-refractivity contribution in [3.8, 4) is 5.75 Å². The Morgan fingerprint density at radius 3 is 2.37 bits per heavy atom. The number of benzene rings is 1. The van der Waals surface area contributed by atoms with Crippen molar-refractivity contribution in [3.63, 3.8) is 0 Å². The van der Waals surface area contributed by atoms with Crippen molar-refractivity contribution in [2.75, 3.05) is 13.2 Å². The van der Waals surface area contributed by atoms with E-state index in [4.69, 9.17) is 21.1 Å². The zero-order chi connectivity index (χ0) is 19.0. The van der Waals surface area contributed by atoms with Gasteiger partial charge in [0, 0.05) is 5.54 Å². The Morgan fingerprint density at radius 1 is 1.11 bits per heavy atom. The van der Waals surface area contributed by atoms with Gasteiger partial charge in [-0.15, -0.1) is 0 Å². The summed E-state index contributed by atoms with van der Waals surface area (Å²) < 4.78 is 10.5. The Morgan fingerprint density at radius 2 is 1.74 bits per heavy atom. The Hall–Kier alpha value is -1.75. The molecule has 0 saturated heterocycles. The molecule has 4 bridgehead atoms. The van der Waals surface area contributed by atoms with Crippen LogP contribution in [0.1, 0.15) is 44.1 Å². The lowest BCUT2D eigenvalue weighted by Crippen LogP contribution is -2.60. The van der Waals surface area contributed by atoms with Gasteiger partial charge in [-0.25, -0.2) is 4.79 Å². The van der Waals surface area contributed by atoms with Crippen LogP contribution in [0.3, 0.4) is 0 Å². The molecule has 0 spiro atoms. The second-order valence-corrected chi connectivity index (χ2v) is 9.04. The molecular formula is C21H26ClNO4. The van der Waals surface area contributed by atoms with Crippen LogP contribution in [0.2, 0.25) is 5.02 Å². The van der Waals surface area contributed by atoms with E-state index in [1.165, 1.54) is 19.3 Å². The number of carbonyl (C=O) groups excluding carboxylic acids is 2. The minimum Gasteiger partial charge on any atom is -0.480 e. The summed E-state index contributed by atoms with van der Waals surface area (Å²) in [6, 6.07) is 5.34. The van der Waals surface area contributed by atoms with Crippen molar-refractivity contribution in [2.24, 2.45) is 17.8 Å². The fourth-order valence-corrected chi connectivity index (χ4v) is 5.81. The molecule has 4 fully saturated rings. The van der Waals surface area contributed by atoms with Gasteiger partial charge in [0.15, 0.2) is 13.2 Å². The molecule has 0 atom stereocenters. The first-order valence-corrected chi connectivity index (χ1v) is 10.1.